The van der Waals surface area contributed by atoms with Gasteiger partial charge < -0.3 is 5.32 Å². The zero-order valence-corrected chi connectivity index (χ0v) is 17.9. The lowest BCUT2D eigenvalue weighted by Gasteiger charge is -2.11. The van der Waals surface area contributed by atoms with E-state index >= 15 is 0 Å². The van der Waals surface area contributed by atoms with E-state index in [1.807, 2.05) is 6.92 Å². The second kappa shape index (κ2) is 8.84. The van der Waals surface area contributed by atoms with Crippen LogP contribution in [0.1, 0.15) is 30.2 Å². The standard InChI is InChI=1S/C23H20ClFN4O3/c1-2-4-19-18(21(30)29(27-19)17-9-7-15(24)8-10-17)12-20-22(31)28(23(32)26-20)13-14-5-3-6-16(25)11-14/h3,5-12,27H,2,4,13H2,1H3,(H,26,32)/b20-12-. The number of nitrogens with one attached hydrogen (secondary N) is 2. The van der Waals surface area contributed by atoms with Crippen LogP contribution in [0.15, 0.2) is 59.0 Å². The van der Waals surface area contributed by atoms with Gasteiger partial charge in [0, 0.05) is 10.7 Å². The molecule has 7 nitrogen and oxygen atoms in total. The molecule has 0 aliphatic carbocycles. The minimum atomic E-state index is -0.629. The topological polar surface area (TPSA) is 87.2 Å². The maximum Gasteiger partial charge on any atom is 0.329 e. The second-order valence-electron chi connectivity index (χ2n) is 7.38. The summed E-state index contributed by atoms with van der Waals surface area (Å²) in [7, 11) is 0. The third kappa shape index (κ3) is 4.22. The molecule has 32 heavy (non-hydrogen) atoms. The number of hydrogen-bond donors (Lipinski definition) is 2. The smallest absolute Gasteiger partial charge is 0.303 e. The van der Waals surface area contributed by atoms with Gasteiger partial charge in [0.2, 0.25) is 0 Å². The second-order valence-corrected chi connectivity index (χ2v) is 7.82. The molecule has 0 atom stereocenters. The van der Waals surface area contributed by atoms with Gasteiger partial charge in [-0.3, -0.25) is 19.6 Å². The number of H-pyrrole nitrogens is 1. The number of benzene rings is 2. The van der Waals surface area contributed by atoms with Crippen molar-refractivity contribution in [3.8, 4) is 5.69 Å². The highest BCUT2D eigenvalue weighted by Crippen LogP contribution is 2.19. The molecule has 0 saturated carbocycles. The number of urea groups is 1. The van der Waals surface area contributed by atoms with Gasteiger partial charge in [0.1, 0.15) is 11.5 Å². The summed E-state index contributed by atoms with van der Waals surface area (Å²) in [6.45, 7) is 1.89. The Kier molecular flexibility index (Phi) is 5.96. The van der Waals surface area contributed by atoms with Gasteiger partial charge in [-0.05, 0) is 54.5 Å². The number of hydrogen-bond acceptors (Lipinski definition) is 3. The Balaban J connectivity index is 1.68. The highest BCUT2D eigenvalue weighted by atomic mass is 35.5. The zero-order valence-electron chi connectivity index (χ0n) is 17.2. The van der Waals surface area contributed by atoms with Crippen LogP contribution in [0.2, 0.25) is 5.02 Å². The quantitative estimate of drug-likeness (QED) is 0.436. The number of imide groups is 1. The number of rotatable bonds is 6. The molecular weight excluding hydrogens is 435 g/mol. The minimum absolute atomic E-state index is 0.0110. The highest BCUT2D eigenvalue weighted by molar-refractivity contribution is 6.30. The van der Waals surface area contributed by atoms with Crippen LogP contribution in [0.3, 0.4) is 0 Å². The molecule has 0 bridgehead atoms. The Morgan fingerprint density at radius 1 is 1.09 bits per heavy atom. The van der Waals surface area contributed by atoms with Crippen LogP contribution < -0.4 is 10.9 Å². The number of carbonyl (C=O) groups is 2. The van der Waals surface area contributed by atoms with E-state index in [1.54, 1.807) is 30.3 Å². The lowest BCUT2D eigenvalue weighted by atomic mass is 10.1. The number of carbonyl (C=O) groups excluding carboxylic acids is 2. The maximum absolute atomic E-state index is 13.5. The summed E-state index contributed by atoms with van der Waals surface area (Å²) in [6.07, 6.45) is 2.73. The number of aromatic amines is 1. The average molecular weight is 455 g/mol. The summed E-state index contributed by atoms with van der Waals surface area (Å²) < 4.78 is 14.8. The fourth-order valence-electron chi connectivity index (χ4n) is 3.53. The van der Waals surface area contributed by atoms with Gasteiger partial charge in [0.15, 0.2) is 0 Å². The molecule has 2 heterocycles. The maximum atomic E-state index is 13.5. The largest absolute Gasteiger partial charge is 0.329 e. The molecule has 3 amide bonds. The Morgan fingerprint density at radius 2 is 1.84 bits per heavy atom. The van der Waals surface area contributed by atoms with Crippen LogP contribution in [0.4, 0.5) is 9.18 Å². The van der Waals surface area contributed by atoms with Crippen LogP contribution in [0.25, 0.3) is 11.8 Å². The van der Waals surface area contributed by atoms with E-state index < -0.39 is 17.8 Å². The molecule has 1 fully saturated rings. The van der Waals surface area contributed by atoms with E-state index in [2.05, 4.69) is 10.4 Å². The predicted molar refractivity (Wildman–Crippen MR) is 119 cm³/mol. The van der Waals surface area contributed by atoms with Gasteiger partial charge in [0.05, 0.1) is 17.8 Å². The van der Waals surface area contributed by atoms with Crippen molar-refractivity contribution in [3.05, 3.63) is 92.2 Å². The molecule has 1 saturated heterocycles. The molecule has 0 unspecified atom stereocenters. The monoisotopic (exact) mass is 454 g/mol. The molecule has 9 heteroatoms. The van der Waals surface area contributed by atoms with E-state index in [-0.39, 0.29) is 23.4 Å². The summed E-state index contributed by atoms with van der Waals surface area (Å²) in [5.41, 5.74) is 1.64. The average Bonchev–Trinajstić information content (AvgIpc) is 3.20. The number of aryl methyl sites for hydroxylation is 1. The van der Waals surface area contributed by atoms with Crippen LogP contribution in [0.5, 0.6) is 0 Å². The van der Waals surface area contributed by atoms with E-state index in [1.165, 1.54) is 29.0 Å². The highest BCUT2D eigenvalue weighted by Gasteiger charge is 2.34. The first-order valence-electron chi connectivity index (χ1n) is 10.1. The molecule has 0 radical (unpaired) electrons. The fourth-order valence-corrected chi connectivity index (χ4v) is 3.66. The van der Waals surface area contributed by atoms with Gasteiger partial charge in [-0.25, -0.2) is 13.9 Å². The fraction of sp³-hybridized carbons (Fsp3) is 0.174. The van der Waals surface area contributed by atoms with Crippen molar-refractivity contribution in [2.24, 2.45) is 0 Å². The normalized spacial score (nSPS) is 15.0. The number of amides is 3. The summed E-state index contributed by atoms with van der Waals surface area (Å²) >= 11 is 5.94. The van der Waals surface area contributed by atoms with Crippen LogP contribution >= 0.6 is 11.6 Å². The zero-order chi connectivity index (χ0) is 22.8. The van der Waals surface area contributed by atoms with Crippen molar-refractivity contribution >= 4 is 29.6 Å². The number of nitrogens with zero attached hydrogens (tertiary/aromatic N) is 2. The number of aromatic nitrogens is 2. The lowest BCUT2D eigenvalue weighted by Crippen LogP contribution is -2.30. The Labute approximate surface area is 188 Å². The van der Waals surface area contributed by atoms with Gasteiger partial charge in [-0.15, -0.1) is 0 Å². The van der Waals surface area contributed by atoms with Crippen LogP contribution in [-0.2, 0) is 17.8 Å². The third-order valence-corrected chi connectivity index (χ3v) is 5.32. The molecule has 1 aliphatic heterocycles. The molecule has 1 aliphatic rings. The first-order valence-corrected chi connectivity index (χ1v) is 10.4. The molecule has 3 aromatic rings. The first kappa shape index (κ1) is 21.6. The lowest BCUT2D eigenvalue weighted by molar-refractivity contribution is -0.123. The molecule has 2 aromatic carbocycles. The Hall–Kier alpha value is -3.65. The van der Waals surface area contributed by atoms with Gasteiger partial charge in [-0.1, -0.05) is 37.1 Å². The van der Waals surface area contributed by atoms with E-state index in [4.69, 9.17) is 11.6 Å². The summed E-state index contributed by atoms with van der Waals surface area (Å²) in [6, 6.07) is 11.8. The molecule has 0 spiro atoms. The van der Waals surface area contributed by atoms with Crippen molar-refractivity contribution in [1.82, 2.24) is 20.0 Å². The van der Waals surface area contributed by atoms with E-state index in [0.29, 0.717) is 28.4 Å². The molecule has 1 aromatic heterocycles. The first-order chi connectivity index (χ1) is 15.4. The van der Waals surface area contributed by atoms with Crippen LogP contribution in [0, 0.1) is 5.82 Å². The molecule has 2 N–H and O–H groups in total. The molecule has 4 rings (SSSR count). The van der Waals surface area contributed by atoms with E-state index in [0.717, 1.165) is 11.3 Å². The minimum Gasteiger partial charge on any atom is -0.303 e. The summed E-state index contributed by atoms with van der Waals surface area (Å²) in [4.78, 5) is 39.3. The molecule has 164 valence electrons. The molecular formula is C23H20ClFN4O3. The van der Waals surface area contributed by atoms with Gasteiger partial charge in [0.25, 0.3) is 11.5 Å². The third-order valence-electron chi connectivity index (χ3n) is 5.07. The Bertz CT molecular complexity index is 1280. The van der Waals surface area contributed by atoms with Crippen molar-refractivity contribution in [3.63, 3.8) is 0 Å². The van der Waals surface area contributed by atoms with Crippen molar-refractivity contribution < 1.29 is 14.0 Å². The van der Waals surface area contributed by atoms with Crippen molar-refractivity contribution in [1.29, 1.82) is 0 Å². The van der Waals surface area contributed by atoms with Crippen LogP contribution in [-0.4, -0.2) is 26.6 Å². The van der Waals surface area contributed by atoms with E-state index in [9.17, 15) is 18.8 Å². The SMILES string of the molecule is CCCc1[nH]n(-c2ccc(Cl)cc2)c(=O)c1/C=C1\NC(=O)N(Cc2cccc(F)c2)C1=O. The summed E-state index contributed by atoms with van der Waals surface area (Å²) in [5, 5.41) is 6.14. The van der Waals surface area contributed by atoms with Gasteiger partial charge >= 0.3 is 6.03 Å². The van der Waals surface area contributed by atoms with Crippen molar-refractivity contribution in [2.45, 2.75) is 26.3 Å². The predicted octanol–water partition coefficient (Wildman–Crippen LogP) is 4.00. The van der Waals surface area contributed by atoms with Crippen molar-refractivity contribution in [2.75, 3.05) is 0 Å². The van der Waals surface area contributed by atoms with Gasteiger partial charge in [-0.2, -0.15) is 0 Å². The summed E-state index contributed by atoms with van der Waals surface area (Å²) in [5.74, 6) is -1.04. The number of halogens is 2. The Morgan fingerprint density at radius 3 is 2.53 bits per heavy atom.